The first-order chi connectivity index (χ1) is 10.1. The van der Waals surface area contributed by atoms with Gasteiger partial charge in [0.25, 0.3) is 5.91 Å². The van der Waals surface area contributed by atoms with Gasteiger partial charge >= 0.3 is 5.97 Å². The van der Waals surface area contributed by atoms with Crippen LogP contribution in [0, 0.1) is 0 Å². The fourth-order valence-corrected chi connectivity index (χ4v) is 1.98. The summed E-state index contributed by atoms with van der Waals surface area (Å²) < 4.78 is 1.66. The minimum Gasteiger partial charge on any atom is -0.479 e. The SMILES string of the molecule is CCCn1cc(C(=O)N[C@H](C(=O)O)c2ccccc2)cn1. The molecule has 0 fully saturated rings. The molecule has 6 nitrogen and oxygen atoms in total. The molecule has 6 heteroatoms. The number of benzene rings is 1. The minimum atomic E-state index is -1.10. The Morgan fingerprint density at radius 2 is 2.05 bits per heavy atom. The molecule has 0 bridgehead atoms. The summed E-state index contributed by atoms with van der Waals surface area (Å²) in [7, 11) is 0. The van der Waals surface area contributed by atoms with Gasteiger partial charge in [-0.1, -0.05) is 37.3 Å². The predicted octanol–water partition coefficient (Wildman–Crippen LogP) is 1.85. The molecule has 1 aromatic heterocycles. The number of hydrogen-bond donors (Lipinski definition) is 2. The van der Waals surface area contributed by atoms with Crippen molar-refractivity contribution in [2.24, 2.45) is 0 Å². The average molecular weight is 287 g/mol. The normalized spacial score (nSPS) is 11.9. The fourth-order valence-electron chi connectivity index (χ4n) is 1.98. The molecular weight excluding hydrogens is 270 g/mol. The third-order valence-electron chi connectivity index (χ3n) is 3.00. The molecule has 110 valence electrons. The summed E-state index contributed by atoms with van der Waals surface area (Å²) in [4.78, 5) is 23.5. The number of aromatic nitrogens is 2. The maximum absolute atomic E-state index is 12.1. The highest BCUT2D eigenvalue weighted by Gasteiger charge is 2.22. The monoisotopic (exact) mass is 287 g/mol. The van der Waals surface area contributed by atoms with Gasteiger partial charge in [-0.3, -0.25) is 9.48 Å². The van der Waals surface area contributed by atoms with Crippen molar-refractivity contribution < 1.29 is 14.7 Å². The van der Waals surface area contributed by atoms with E-state index in [1.807, 2.05) is 6.92 Å². The van der Waals surface area contributed by atoms with Gasteiger partial charge in [-0.25, -0.2) is 4.79 Å². The van der Waals surface area contributed by atoms with Gasteiger partial charge in [-0.15, -0.1) is 0 Å². The molecule has 0 saturated heterocycles. The number of nitrogens with one attached hydrogen (secondary N) is 1. The first-order valence-electron chi connectivity index (χ1n) is 6.73. The summed E-state index contributed by atoms with van der Waals surface area (Å²) in [5, 5.41) is 15.8. The number of aryl methyl sites for hydroxylation is 1. The van der Waals surface area contributed by atoms with Crippen LogP contribution in [-0.4, -0.2) is 26.8 Å². The Labute approximate surface area is 122 Å². The van der Waals surface area contributed by atoms with E-state index in [1.165, 1.54) is 6.20 Å². The van der Waals surface area contributed by atoms with Gasteiger partial charge in [-0.05, 0) is 12.0 Å². The van der Waals surface area contributed by atoms with Gasteiger partial charge in [0.1, 0.15) is 0 Å². The number of nitrogens with zero attached hydrogens (tertiary/aromatic N) is 2. The molecule has 21 heavy (non-hydrogen) atoms. The number of carboxylic acid groups (broad SMARTS) is 1. The first-order valence-corrected chi connectivity index (χ1v) is 6.73. The Morgan fingerprint density at radius 3 is 2.67 bits per heavy atom. The molecule has 1 aromatic carbocycles. The van der Waals surface area contributed by atoms with Crippen LogP contribution in [0.15, 0.2) is 42.7 Å². The van der Waals surface area contributed by atoms with Crippen molar-refractivity contribution in [1.82, 2.24) is 15.1 Å². The smallest absolute Gasteiger partial charge is 0.330 e. The van der Waals surface area contributed by atoms with Crippen LogP contribution in [0.4, 0.5) is 0 Å². The van der Waals surface area contributed by atoms with Crippen LogP contribution in [0.2, 0.25) is 0 Å². The summed E-state index contributed by atoms with van der Waals surface area (Å²) in [5.74, 6) is -1.55. The molecule has 1 heterocycles. The standard InChI is InChI=1S/C15H17N3O3/c1-2-8-18-10-12(9-16-18)14(19)17-13(15(20)21)11-6-4-3-5-7-11/h3-7,9-10,13H,2,8H2,1H3,(H,17,19)(H,20,21)/t13-/m0/s1. The second kappa shape index (κ2) is 6.69. The summed E-state index contributed by atoms with van der Waals surface area (Å²) in [6, 6.07) is 7.51. The number of rotatable bonds is 6. The highest BCUT2D eigenvalue weighted by Crippen LogP contribution is 2.13. The molecule has 1 atom stereocenters. The highest BCUT2D eigenvalue weighted by molar-refractivity contribution is 5.96. The third-order valence-corrected chi connectivity index (χ3v) is 3.00. The van der Waals surface area contributed by atoms with E-state index in [1.54, 1.807) is 41.2 Å². The van der Waals surface area contributed by atoms with E-state index >= 15 is 0 Å². The van der Waals surface area contributed by atoms with Gasteiger partial charge in [0.05, 0.1) is 11.8 Å². The molecule has 0 unspecified atom stereocenters. The molecule has 0 spiro atoms. The zero-order valence-electron chi connectivity index (χ0n) is 11.7. The van der Waals surface area contributed by atoms with Crippen molar-refractivity contribution in [3.8, 4) is 0 Å². The van der Waals surface area contributed by atoms with Gasteiger partial charge in [-0.2, -0.15) is 5.10 Å². The Hall–Kier alpha value is -2.63. The molecule has 0 aliphatic carbocycles. The molecule has 0 aliphatic heterocycles. The molecule has 0 aliphatic rings. The lowest BCUT2D eigenvalue weighted by Gasteiger charge is -2.14. The quantitative estimate of drug-likeness (QED) is 0.849. The summed E-state index contributed by atoms with van der Waals surface area (Å²) in [6.07, 6.45) is 3.96. The van der Waals surface area contributed by atoms with Crippen LogP contribution in [0.5, 0.6) is 0 Å². The molecule has 2 rings (SSSR count). The zero-order valence-corrected chi connectivity index (χ0v) is 11.7. The molecule has 0 radical (unpaired) electrons. The second-order valence-electron chi connectivity index (χ2n) is 4.65. The fraction of sp³-hybridized carbons (Fsp3) is 0.267. The number of aliphatic carboxylic acids is 1. The Kier molecular flexibility index (Phi) is 4.71. The van der Waals surface area contributed by atoms with Crippen LogP contribution < -0.4 is 5.32 Å². The molecule has 1 amide bonds. The second-order valence-corrected chi connectivity index (χ2v) is 4.65. The highest BCUT2D eigenvalue weighted by atomic mass is 16.4. The molecular formula is C15H17N3O3. The molecule has 0 saturated carbocycles. The maximum atomic E-state index is 12.1. The maximum Gasteiger partial charge on any atom is 0.330 e. The third kappa shape index (κ3) is 3.68. The van der Waals surface area contributed by atoms with Crippen molar-refractivity contribution in [2.75, 3.05) is 0 Å². The lowest BCUT2D eigenvalue weighted by Crippen LogP contribution is -2.33. The average Bonchev–Trinajstić information content (AvgIpc) is 2.94. The Morgan fingerprint density at radius 1 is 1.33 bits per heavy atom. The van der Waals surface area contributed by atoms with Crippen LogP contribution in [-0.2, 0) is 11.3 Å². The van der Waals surface area contributed by atoms with E-state index in [0.717, 1.165) is 6.42 Å². The number of carbonyl (C=O) groups is 2. The van der Waals surface area contributed by atoms with Crippen molar-refractivity contribution in [2.45, 2.75) is 25.9 Å². The Balaban J connectivity index is 2.13. The van der Waals surface area contributed by atoms with E-state index < -0.39 is 17.9 Å². The van der Waals surface area contributed by atoms with Crippen LogP contribution in [0.3, 0.4) is 0 Å². The van der Waals surface area contributed by atoms with Gasteiger partial charge in [0, 0.05) is 12.7 Å². The minimum absolute atomic E-state index is 0.352. The summed E-state index contributed by atoms with van der Waals surface area (Å²) >= 11 is 0. The number of carboxylic acids is 1. The van der Waals surface area contributed by atoms with Crippen LogP contribution >= 0.6 is 0 Å². The van der Waals surface area contributed by atoms with E-state index in [9.17, 15) is 14.7 Å². The van der Waals surface area contributed by atoms with Gasteiger partial charge in [0.2, 0.25) is 0 Å². The van der Waals surface area contributed by atoms with E-state index in [2.05, 4.69) is 10.4 Å². The zero-order chi connectivity index (χ0) is 15.2. The van der Waals surface area contributed by atoms with Crippen molar-refractivity contribution in [3.63, 3.8) is 0 Å². The van der Waals surface area contributed by atoms with Crippen molar-refractivity contribution in [1.29, 1.82) is 0 Å². The van der Waals surface area contributed by atoms with Gasteiger partial charge in [0.15, 0.2) is 6.04 Å². The summed E-state index contributed by atoms with van der Waals surface area (Å²) in [6.45, 7) is 2.73. The van der Waals surface area contributed by atoms with E-state index in [4.69, 9.17) is 0 Å². The van der Waals surface area contributed by atoms with Crippen molar-refractivity contribution >= 4 is 11.9 Å². The predicted molar refractivity (Wildman–Crippen MR) is 76.8 cm³/mol. The molecule has 2 aromatic rings. The van der Waals surface area contributed by atoms with E-state index in [0.29, 0.717) is 17.7 Å². The number of carbonyl (C=O) groups excluding carboxylic acids is 1. The van der Waals surface area contributed by atoms with Crippen LogP contribution in [0.1, 0.15) is 35.3 Å². The number of amides is 1. The topological polar surface area (TPSA) is 84.2 Å². The first kappa shape index (κ1) is 14.8. The lowest BCUT2D eigenvalue weighted by molar-refractivity contribution is -0.139. The van der Waals surface area contributed by atoms with Crippen molar-refractivity contribution in [3.05, 3.63) is 53.9 Å². The van der Waals surface area contributed by atoms with E-state index in [-0.39, 0.29) is 0 Å². The molecule has 2 N–H and O–H groups in total. The van der Waals surface area contributed by atoms with Crippen LogP contribution in [0.25, 0.3) is 0 Å². The largest absolute Gasteiger partial charge is 0.479 e. The summed E-state index contributed by atoms with van der Waals surface area (Å²) in [5.41, 5.74) is 0.880. The lowest BCUT2D eigenvalue weighted by atomic mass is 10.1. The van der Waals surface area contributed by atoms with Gasteiger partial charge < -0.3 is 10.4 Å². The Bertz CT molecular complexity index is 622. The number of hydrogen-bond acceptors (Lipinski definition) is 3.